The summed E-state index contributed by atoms with van der Waals surface area (Å²) in [5, 5.41) is 11.6. The van der Waals surface area contributed by atoms with E-state index in [-0.39, 0.29) is 0 Å². The third-order valence-corrected chi connectivity index (χ3v) is 7.42. The van der Waals surface area contributed by atoms with E-state index in [0.29, 0.717) is 5.56 Å². The van der Waals surface area contributed by atoms with Crippen molar-refractivity contribution in [3.63, 3.8) is 0 Å². The number of anilines is 3. The van der Waals surface area contributed by atoms with Crippen LogP contribution in [0, 0.1) is 11.3 Å². The maximum Gasteiger partial charge on any atom is 0.0991 e. The summed E-state index contributed by atoms with van der Waals surface area (Å²) in [5.41, 5.74) is 9.69. The number of benzene rings is 6. The third kappa shape index (κ3) is 4.09. The van der Waals surface area contributed by atoms with Crippen molar-refractivity contribution < 1.29 is 0 Å². The monoisotopic (exact) mass is 511 g/mol. The number of para-hydroxylation sites is 3. The van der Waals surface area contributed by atoms with Crippen LogP contribution in [0.3, 0.4) is 0 Å². The molecule has 3 nitrogen and oxygen atoms in total. The highest BCUT2D eigenvalue weighted by atomic mass is 15.1. The quantitative estimate of drug-likeness (QED) is 0.230. The van der Waals surface area contributed by atoms with E-state index in [1.807, 2.05) is 24.3 Å². The van der Waals surface area contributed by atoms with Crippen molar-refractivity contribution in [2.45, 2.75) is 0 Å². The lowest BCUT2D eigenvalue weighted by Gasteiger charge is -2.25. The molecule has 0 N–H and O–H groups in total. The third-order valence-electron chi connectivity index (χ3n) is 7.42. The van der Waals surface area contributed by atoms with Gasteiger partial charge in [0.2, 0.25) is 0 Å². The maximum absolute atomic E-state index is 9.12. The minimum Gasteiger partial charge on any atom is -0.310 e. The second-order valence-corrected chi connectivity index (χ2v) is 9.80. The van der Waals surface area contributed by atoms with Gasteiger partial charge in [-0.15, -0.1) is 0 Å². The number of rotatable bonds is 5. The summed E-state index contributed by atoms with van der Waals surface area (Å²) in [7, 11) is 0. The van der Waals surface area contributed by atoms with Gasteiger partial charge in [0.25, 0.3) is 0 Å². The predicted molar refractivity (Wildman–Crippen MR) is 166 cm³/mol. The fraction of sp³-hybridized carbons (Fsp3) is 0. The van der Waals surface area contributed by atoms with Crippen LogP contribution in [0.2, 0.25) is 0 Å². The SMILES string of the molecule is N#Cc1ccc(-c2ccc(-n3c4ccccc4c4cc(N(c5ccccc5)c5ccccc5)ccc43)cc2)cc1. The van der Waals surface area contributed by atoms with Crippen molar-refractivity contribution in [3.05, 3.63) is 157 Å². The Morgan fingerprint density at radius 1 is 0.475 bits per heavy atom. The van der Waals surface area contributed by atoms with Crippen LogP contribution in [0.4, 0.5) is 17.1 Å². The number of nitriles is 1. The van der Waals surface area contributed by atoms with E-state index >= 15 is 0 Å². The molecular formula is C37H25N3. The molecule has 0 amide bonds. The van der Waals surface area contributed by atoms with E-state index in [0.717, 1.165) is 39.4 Å². The van der Waals surface area contributed by atoms with Gasteiger partial charge in [0, 0.05) is 33.5 Å². The molecule has 1 heterocycles. The van der Waals surface area contributed by atoms with Crippen LogP contribution in [-0.4, -0.2) is 4.57 Å². The van der Waals surface area contributed by atoms with Gasteiger partial charge >= 0.3 is 0 Å². The van der Waals surface area contributed by atoms with Crippen molar-refractivity contribution in [1.29, 1.82) is 5.26 Å². The van der Waals surface area contributed by atoms with Gasteiger partial charge in [0.1, 0.15) is 0 Å². The molecule has 0 aliphatic rings. The second kappa shape index (κ2) is 9.94. The van der Waals surface area contributed by atoms with Crippen LogP contribution in [0.5, 0.6) is 0 Å². The molecule has 0 saturated heterocycles. The number of hydrogen-bond donors (Lipinski definition) is 0. The van der Waals surface area contributed by atoms with E-state index in [1.54, 1.807) is 0 Å². The van der Waals surface area contributed by atoms with Crippen LogP contribution >= 0.6 is 0 Å². The Kier molecular flexibility index (Phi) is 5.85. The van der Waals surface area contributed by atoms with Gasteiger partial charge in [-0.3, -0.25) is 0 Å². The van der Waals surface area contributed by atoms with Gasteiger partial charge in [-0.1, -0.05) is 78.9 Å². The molecule has 0 aliphatic heterocycles. The van der Waals surface area contributed by atoms with Gasteiger partial charge in [0.15, 0.2) is 0 Å². The molecule has 0 saturated carbocycles. The molecule has 0 aliphatic carbocycles. The van der Waals surface area contributed by atoms with Gasteiger partial charge in [-0.2, -0.15) is 5.26 Å². The minimum atomic E-state index is 0.670. The van der Waals surface area contributed by atoms with Crippen molar-refractivity contribution in [2.75, 3.05) is 4.90 Å². The number of hydrogen-bond acceptors (Lipinski definition) is 2. The van der Waals surface area contributed by atoms with E-state index in [2.05, 4.69) is 143 Å². The molecule has 3 heteroatoms. The molecule has 1 aromatic heterocycles. The highest BCUT2D eigenvalue weighted by molar-refractivity contribution is 6.10. The highest BCUT2D eigenvalue weighted by Crippen LogP contribution is 2.39. The molecule has 40 heavy (non-hydrogen) atoms. The Labute approximate surface area is 233 Å². The molecule has 0 bridgehead atoms. The Bertz CT molecular complexity index is 1940. The van der Waals surface area contributed by atoms with E-state index in [1.165, 1.54) is 16.3 Å². The minimum absolute atomic E-state index is 0.670. The average molecular weight is 512 g/mol. The van der Waals surface area contributed by atoms with Gasteiger partial charge in [0.05, 0.1) is 22.7 Å². The zero-order valence-corrected chi connectivity index (χ0v) is 21.8. The molecule has 0 radical (unpaired) electrons. The van der Waals surface area contributed by atoms with E-state index in [4.69, 9.17) is 5.26 Å². The van der Waals surface area contributed by atoms with Gasteiger partial charge in [-0.05, 0) is 83.9 Å². The molecule has 0 unspecified atom stereocenters. The Morgan fingerprint density at radius 2 is 1.02 bits per heavy atom. The average Bonchev–Trinajstić information content (AvgIpc) is 3.36. The molecule has 188 valence electrons. The van der Waals surface area contributed by atoms with Crippen LogP contribution in [0.15, 0.2) is 152 Å². The van der Waals surface area contributed by atoms with Crippen LogP contribution in [0.25, 0.3) is 38.6 Å². The van der Waals surface area contributed by atoms with Crippen molar-refractivity contribution in [1.82, 2.24) is 4.57 Å². The van der Waals surface area contributed by atoms with Crippen molar-refractivity contribution in [2.24, 2.45) is 0 Å². The fourth-order valence-corrected chi connectivity index (χ4v) is 5.52. The Morgan fingerprint density at radius 3 is 1.65 bits per heavy atom. The van der Waals surface area contributed by atoms with Crippen LogP contribution in [-0.2, 0) is 0 Å². The molecular weight excluding hydrogens is 486 g/mol. The summed E-state index contributed by atoms with van der Waals surface area (Å²) in [6.07, 6.45) is 0. The first-order chi connectivity index (χ1) is 19.8. The number of aromatic nitrogens is 1. The summed E-state index contributed by atoms with van der Waals surface area (Å²) in [4.78, 5) is 2.30. The van der Waals surface area contributed by atoms with Crippen molar-refractivity contribution >= 4 is 38.9 Å². The van der Waals surface area contributed by atoms with Crippen LogP contribution in [0.1, 0.15) is 5.56 Å². The van der Waals surface area contributed by atoms with Gasteiger partial charge in [-0.25, -0.2) is 0 Å². The molecule has 6 aromatic carbocycles. The second-order valence-electron chi connectivity index (χ2n) is 9.80. The molecule has 0 fully saturated rings. The molecule has 0 atom stereocenters. The lowest BCUT2D eigenvalue weighted by molar-refractivity contribution is 1.18. The summed E-state index contributed by atoms with van der Waals surface area (Å²) in [6.45, 7) is 0. The normalized spacial score (nSPS) is 11.0. The molecule has 7 aromatic rings. The summed E-state index contributed by atoms with van der Waals surface area (Å²) < 4.78 is 2.34. The summed E-state index contributed by atoms with van der Waals surface area (Å²) >= 11 is 0. The smallest absolute Gasteiger partial charge is 0.0991 e. The molecule has 7 rings (SSSR count). The molecule has 0 spiro atoms. The topological polar surface area (TPSA) is 32.0 Å². The number of nitrogens with zero attached hydrogens (tertiary/aromatic N) is 3. The first-order valence-electron chi connectivity index (χ1n) is 13.3. The zero-order chi connectivity index (χ0) is 26.9. The Balaban J connectivity index is 1.37. The predicted octanol–water partition coefficient (Wildman–Crippen LogP) is 9.79. The van der Waals surface area contributed by atoms with E-state index in [9.17, 15) is 0 Å². The van der Waals surface area contributed by atoms with E-state index < -0.39 is 0 Å². The summed E-state index contributed by atoms with van der Waals surface area (Å²) in [6, 6.07) is 54.9. The lowest BCUT2D eigenvalue weighted by Crippen LogP contribution is -2.09. The highest BCUT2D eigenvalue weighted by Gasteiger charge is 2.17. The summed E-state index contributed by atoms with van der Waals surface area (Å²) in [5.74, 6) is 0. The largest absolute Gasteiger partial charge is 0.310 e. The number of fused-ring (bicyclic) bond motifs is 3. The Hall–Kier alpha value is -5.59. The first-order valence-corrected chi connectivity index (χ1v) is 13.3. The van der Waals surface area contributed by atoms with Crippen molar-refractivity contribution in [3.8, 4) is 22.9 Å². The lowest BCUT2D eigenvalue weighted by atomic mass is 10.0. The zero-order valence-electron chi connectivity index (χ0n) is 21.8. The van der Waals surface area contributed by atoms with Crippen LogP contribution < -0.4 is 4.90 Å². The van der Waals surface area contributed by atoms with Gasteiger partial charge < -0.3 is 9.47 Å². The maximum atomic E-state index is 9.12. The first kappa shape index (κ1) is 23.5. The standard InChI is InChI=1S/C37H25N3/c38-26-27-15-17-28(18-16-27)29-19-21-32(22-20-29)40-36-14-8-7-13-34(36)35-25-33(23-24-37(35)40)39(30-9-3-1-4-10-30)31-11-5-2-6-12-31/h1-25H. The fourth-order valence-electron chi connectivity index (χ4n) is 5.52.